The minimum Gasteiger partial charge on any atom is -0.503 e. The van der Waals surface area contributed by atoms with E-state index < -0.39 is 17.7 Å². The van der Waals surface area contributed by atoms with Gasteiger partial charge in [-0.25, -0.2) is 0 Å². The number of ketones is 1. The second-order valence-electron chi connectivity index (χ2n) is 7.35. The average Bonchev–Trinajstić information content (AvgIpc) is 3.38. The van der Waals surface area contributed by atoms with Crippen molar-refractivity contribution in [3.63, 3.8) is 0 Å². The quantitative estimate of drug-likeness (QED) is 0.437. The van der Waals surface area contributed by atoms with Crippen LogP contribution in [-0.4, -0.2) is 55.2 Å². The van der Waals surface area contributed by atoms with Crippen molar-refractivity contribution in [2.75, 3.05) is 27.4 Å². The van der Waals surface area contributed by atoms with E-state index in [1.54, 1.807) is 35.7 Å². The molecule has 2 heterocycles. The first-order chi connectivity index (χ1) is 14.9. The molecule has 0 spiro atoms. The SMILES string of the molecule is COc1ccc(OC)c([C@H]2C(C(=O)c3cccs3)=C(O)C(=O)N2CCCOC(C)C)c1. The third-order valence-corrected chi connectivity index (χ3v) is 5.89. The summed E-state index contributed by atoms with van der Waals surface area (Å²) >= 11 is 1.26. The van der Waals surface area contributed by atoms with Crippen LogP contribution in [0.2, 0.25) is 0 Å². The fraction of sp³-hybridized carbons (Fsp3) is 0.391. The standard InChI is InChI=1S/C23H27NO6S/c1-14(2)30-11-6-10-24-20(16-13-15(28-3)8-9-17(16)29-4)19(22(26)23(24)27)21(25)18-7-5-12-31-18/h5,7-9,12-14,20,26H,6,10-11H2,1-4H3/t20-/m0/s1. The van der Waals surface area contributed by atoms with Crippen LogP contribution in [-0.2, 0) is 9.53 Å². The summed E-state index contributed by atoms with van der Waals surface area (Å²) in [5, 5.41) is 12.5. The summed E-state index contributed by atoms with van der Waals surface area (Å²) in [6.07, 6.45) is 0.631. The molecule has 1 atom stereocenters. The van der Waals surface area contributed by atoms with Gasteiger partial charge in [-0.2, -0.15) is 0 Å². The summed E-state index contributed by atoms with van der Waals surface area (Å²) in [6, 6.07) is 7.83. The molecule has 2 aromatic rings. The van der Waals surface area contributed by atoms with Gasteiger partial charge in [0.25, 0.3) is 5.91 Å². The number of nitrogens with zero attached hydrogens (tertiary/aromatic N) is 1. The average molecular weight is 446 g/mol. The molecule has 31 heavy (non-hydrogen) atoms. The van der Waals surface area contributed by atoms with Crippen molar-refractivity contribution >= 4 is 23.0 Å². The molecule has 0 aliphatic carbocycles. The van der Waals surface area contributed by atoms with E-state index in [2.05, 4.69) is 0 Å². The van der Waals surface area contributed by atoms with Crippen molar-refractivity contribution in [3.8, 4) is 11.5 Å². The predicted octanol–water partition coefficient (Wildman–Crippen LogP) is 4.16. The van der Waals surface area contributed by atoms with Gasteiger partial charge in [0.2, 0.25) is 5.78 Å². The molecule has 0 bridgehead atoms. The summed E-state index contributed by atoms with van der Waals surface area (Å²) in [4.78, 5) is 28.2. The molecule has 1 amide bonds. The van der Waals surface area contributed by atoms with Crippen LogP contribution in [0.5, 0.6) is 11.5 Å². The van der Waals surface area contributed by atoms with Crippen LogP contribution in [0.1, 0.15) is 41.5 Å². The fourth-order valence-electron chi connectivity index (χ4n) is 3.59. The van der Waals surface area contributed by atoms with Crippen LogP contribution < -0.4 is 9.47 Å². The van der Waals surface area contributed by atoms with Crippen LogP contribution in [0.15, 0.2) is 47.0 Å². The van der Waals surface area contributed by atoms with E-state index >= 15 is 0 Å². The van der Waals surface area contributed by atoms with Gasteiger partial charge in [0.15, 0.2) is 5.76 Å². The van der Waals surface area contributed by atoms with Gasteiger partial charge < -0.3 is 24.2 Å². The zero-order chi connectivity index (χ0) is 22.5. The Labute approximate surface area is 185 Å². The van der Waals surface area contributed by atoms with E-state index in [0.29, 0.717) is 41.5 Å². The molecule has 1 aromatic carbocycles. The number of carbonyl (C=O) groups is 2. The number of aliphatic hydroxyl groups is 1. The molecule has 166 valence electrons. The van der Waals surface area contributed by atoms with Crippen molar-refractivity contribution in [1.82, 2.24) is 4.90 Å². The Morgan fingerprint density at radius 1 is 1.23 bits per heavy atom. The normalized spacial score (nSPS) is 16.4. The van der Waals surface area contributed by atoms with Gasteiger partial charge in [-0.15, -0.1) is 11.3 Å². The molecule has 3 rings (SSSR count). The topological polar surface area (TPSA) is 85.3 Å². The predicted molar refractivity (Wildman–Crippen MR) is 118 cm³/mol. The highest BCUT2D eigenvalue weighted by molar-refractivity contribution is 7.12. The number of carbonyl (C=O) groups excluding carboxylic acids is 2. The molecule has 1 aliphatic heterocycles. The number of thiophene rings is 1. The highest BCUT2D eigenvalue weighted by Gasteiger charge is 2.45. The maximum absolute atomic E-state index is 13.3. The van der Waals surface area contributed by atoms with Crippen LogP contribution in [0, 0.1) is 0 Å². The summed E-state index contributed by atoms with van der Waals surface area (Å²) in [6.45, 7) is 4.65. The Kier molecular flexibility index (Phi) is 7.35. The molecule has 0 saturated carbocycles. The van der Waals surface area contributed by atoms with E-state index in [-0.39, 0.29) is 17.5 Å². The van der Waals surface area contributed by atoms with Crippen LogP contribution in [0.3, 0.4) is 0 Å². The lowest BCUT2D eigenvalue weighted by Crippen LogP contribution is -2.33. The second-order valence-corrected chi connectivity index (χ2v) is 8.30. The highest BCUT2D eigenvalue weighted by Crippen LogP contribution is 2.43. The van der Waals surface area contributed by atoms with Gasteiger partial charge in [-0.3, -0.25) is 9.59 Å². The molecular weight excluding hydrogens is 418 g/mol. The fourth-order valence-corrected chi connectivity index (χ4v) is 4.26. The number of hydrogen-bond acceptors (Lipinski definition) is 7. The molecule has 7 nitrogen and oxygen atoms in total. The maximum atomic E-state index is 13.3. The Bertz CT molecular complexity index is 966. The third kappa shape index (κ3) is 4.75. The number of aliphatic hydroxyl groups excluding tert-OH is 1. The first-order valence-corrected chi connectivity index (χ1v) is 10.9. The van der Waals surface area contributed by atoms with Crippen molar-refractivity contribution in [3.05, 3.63) is 57.5 Å². The lowest BCUT2D eigenvalue weighted by molar-refractivity contribution is -0.129. The Morgan fingerprint density at radius 3 is 2.61 bits per heavy atom. The van der Waals surface area contributed by atoms with Crippen LogP contribution >= 0.6 is 11.3 Å². The molecule has 1 aromatic heterocycles. The minimum atomic E-state index is -0.800. The summed E-state index contributed by atoms with van der Waals surface area (Å²) in [5.74, 6) is -0.442. The van der Waals surface area contributed by atoms with E-state index in [1.807, 2.05) is 13.8 Å². The molecule has 0 saturated heterocycles. The Morgan fingerprint density at radius 2 is 2.00 bits per heavy atom. The van der Waals surface area contributed by atoms with Gasteiger partial charge >= 0.3 is 0 Å². The van der Waals surface area contributed by atoms with Gasteiger partial charge in [0, 0.05) is 18.7 Å². The van der Waals surface area contributed by atoms with E-state index in [9.17, 15) is 14.7 Å². The molecule has 0 unspecified atom stereocenters. The van der Waals surface area contributed by atoms with Crippen LogP contribution in [0.25, 0.3) is 0 Å². The van der Waals surface area contributed by atoms with Crippen molar-refractivity contribution in [2.24, 2.45) is 0 Å². The smallest absolute Gasteiger partial charge is 0.290 e. The number of benzene rings is 1. The van der Waals surface area contributed by atoms with Crippen molar-refractivity contribution < 1.29 is 28.9 Å². The lowest BCUT2D eigenvalue weighted by Gasteiger charge is -2.28. The van der Waals surface area contributed by atoms with Crippen LogP contribution in [0.4, 0.5) is 0 Å². The van der Waals surface area contributed by atoms with Gasteiger partial charge in [0.1, 0.15) is 11.5 Å². The molecule has 1 N–H and O–H groups in total. The minimum absolute atomic E-state index is 0.0452. The molecule has 1 aliphatic rings. The van der Waals surface area contributed by atoms with E-state index in [1.165, 1.54) is 30.5 Å². The summed E-state index contributed by atoms with van der Waals surface area (Å²) in [5.41, 5.74) is 0.618. The number of ether oxygens (including phenoxy) is 3. The van der Waals surface area contributed by atoms with Crippen molar-refractivity contribution in [1.29, 1.82) is 0 Å². The summed E-state index contributed by atoms with van der Waals surface area (Å²) < 4.78 is 16.5. The third-order valence-electron chi connectivity index (χ3n) is 5.02. The zero-order valence-electron chi connectivity index (χ0n) is 18.1. The highest BCUT2D eigenvalue weighted by atomic mass is 32.1. The summed E-state index contributed by atoms with van der Waals surface area (Å²) in [7, 11) is 3.06. The van der Waals surface area contributed by atoms with Gasteiger partial charge in [-0.1, -0.05) is 6.07 Å². The Balaban J connectivity index is 2.05. The molecule has 8 heteroatoms. The molecule has 0 radical (unpaired) electrons. The number of hydrogen-bond donors (Lipinski definition) is 1. The zero-order valence-corrected chi connectivity index (χ0v) is 18.9. The largest absolute Gasteiger partial charge is 0.503 e. The van der Waals surface area contributed by atoms with E-state index in [4.69, 9.17) is 14.2 Å². The van der Waals surface area contributed by atoms with Gasteiger partial charge in [-0.05, 0) is 49.9 Å². The number of rotatable bonds is 10. The Hall–Kier alpha value is -2.84. The number of Topliss-reactive ketones (excluding diaryl/α,β-unsaturated/α-hetero) is 1. The maximum Gasteiger partial charge on any atom is 0.290 e. The van der Waals surface area contributed by atoms with Crippen molar-refractivity contribution in [2.45, 2.75) is 32.4 Å². The van der Waals surface area contributed by atoms with E-state index in [0.717, 1.165) is 0 Å². The second kappa shape index (κ2) is 9.98. The first kappa shape index (κ1) is 22.8. The molecular formula is C23H27NO6S. The first-order valence-electron chi connectivity index (χ1n) is 10.0. The molecule has 0 fully saturated rings. The lowest BCUT2D eigenvalue weighted by atomic mass is 9.94. The monoisotopic (exact) mass is 445 g/mol. The van der Waals surface area contributed by atoms with Gasteiger partial charge in [0.05, 0.1) is 36.8 Å². The number of amides is 1. The number of methoxy groups -OCH3 is 2.